The monoisotopic (exact) mass is 181 g/mol. The van der Waals surface area contributed by atoms with E-state index >= 15 is 0 Å². The van der Waals surface area contributed by atoms with Crippen molar-refractivity contribution in [2.24, 2.45) is 0 Å². The van der Waals surface area contributed by atoms with E-state index in [9.17, 15) is 0 Å². The number of fused-ring (bicyclic) bond motifs is 1. The summed E-state index contributed by atoms with van der Waals surface area (Å²) in [7, 11) is 0. The molecule has 1 aliphatic rings. The van der Waals surface area contributed by atoms with Crippen LogP contribution in [0, 0.1) is 0 Å². The molecule has 0 spiro atoms. The third kappa shape index (κ3) is 1.76. The number of aliphatic hydroxyl groups is 1. The zero-order chi connectivity index (χ0) is 9.10. The highest BCUT2D eigenvalue weighted by atomic mass is 16.3. The molecule has 13 heavy (non-hydrogen) atoms. The van der Waals surface area contributed by atoms with E-state index in [1.165, 1.54) is 5.56 Å². The Morgan fingerprint density at radius 1 is 1.62 bits per heavy atom. The number of rotatable bonds is 2. The minimum Gasteiger partial charge on any atom is -0.469 e. The lowest BCUT2D eigenvalue weighted by Crippen LogP contribution is -2.12. The second-order valence-electron chi connectivity index (χ2n) is 3.48. The summed E-state index contributed by atoms with van der Waals surface area (Å²) in [6.07, 6.45) is 3.60. The summed E-state index contributed by atoms with van der Waals surface area (Å²) in [6.45, 7) is 2.15. The average molecular weight is 181 g/mol. The van der Waals surface area contributed by atoms with Gasteiger partial charge >= 0.3 is 0 Å². The third-order valence-corrected chi connectivity index (χ3v) is 2.61. The molecule has 0 fully saturated rings. The molecule has 2 rings (SSSR count). The SMILES string of the molecule is OCCC1CCNCc2ccoc21. The first-order valence-electron chi connectivity index (χ1n) is 4.79. The summed E-state index contributed by atoms with van der Waals surface area (Å²) in [5.74, 6) is 1.46. The van der Waals surface area contributed by atoms with Crippen molar-refractivity contribution in [1.82, 2.24) is 5.32 Å². The van der Waals surface area contributed by atoms with Crippen LogP contribution in [0.5, 0.6) is 0 Å². The van der Waals surface area contributed by atoms with Crippen LogP contribution in [-0.2, 0) is 6.54 Å². The van der Waals surface area contributed by atoms with E-state index in [0.29, 0.717) is 5.92 Å². The highest BCUT2D eigenvalue weighted by Gasteiger charge is 2.20. The van der Waals surface area contributed by atoms with Gasteiger partial charge in [0.2, 0.25) is 0 Å². The van der Waals surface area contributed by atoms with Gasteiger partial charge in [-0.3, -0.25) is 0 Å². The molecule has 0 aliphatic carbocycles. The van der Waals surface area contributed by atoms with Gasteiger partial charge in [-0.1, -0.05) is 0 Å². The minimum absolute atomic E-state index is 0.241. The first-order chi connectivity index (χ1) is 6.42. The van der Waals surface area contributed by atoms with Crippen LogP contribution in [0.1, 0.15) is 30.1 Å². The molecule has 1 unspecified atom stereocenters. The molecule has 0 bridgehead atoms. The highest BCUT2D eigenvalue weighted by molar-refractivity contribution is 5.21. The van der Waals surface area contributed by atoms with Crippen molar-refractivity contribution in [3.63, 3.8) is 0 Å². The Labute approximate surface area is 77.8 Å². The Bertz CT molecular complexity index is 270. The average Bonchev–Trinajstić information content (AvgIpc) is 2.52. The summed E-state index contributed by atoms with van der Waals surface area (Å²) in [5, 5.41) is 12.2. The summed E-state index contributed by atoms with van der Waals surface area (Å²) >= 11 is 0. The Morgan fingerprint density at radius 3 is 3.38 bits per heavy atom. The van der Waals surface area contributed by atoms with Crippen molar-refractivity contribution in [2.75, 3.05) is 13.2 Å². The molecule has 0 amide bonds. The largest absolute Gasteiger partial charge is 0.469 e. The lowest BCUT2D eigenvalue weighted by Gasteiger charge is -2.10. The van der Waals surface area contributed by atoms with Crippen LogP contribution in [0.3, 0.4) is 0 Å². The van der Waals surface area contributed by atoms with E-state index in [0.717, 1.165) is 31.7 Å². The maximum absolute atomic E-state index is 8.91. The van der Waals surface area contributed by atoms with Gasteiger partial charge in [-0.15, -0.1) is 0 Å². The number of aliphatic hydroxyl groups excluding tert-OH is 1. The second-order valence-corrected chi connectivity index (χ2v) is 3.48. The van der Waals surface area contributed by atoms with Crippen LogP contribution in [0.4, 0.5) is 0 Å². The quantitative estimate of drug-likeness (QED) is 0.721. The van der Waals surface area contributed by atoms with Crippen molar-refractivity contribution in [3.05, 3.63) is 23.7 Å². The van der Waals surface area contributed by atoms with E-state index in [1.807, 2.05) is 6.07 Å². The molecule has 1 aromatic heterocycles. The molecule has 2 N–H and O–H groups in total. The zero-order valence-electron chi connectivity index (χ0n) is 7.62. The lowest BCUT2D eigenvalue weighted by molar-refractivity contribution is 0.264. The molecule has 0 aromatic carbocycles. The zero-order valence-corrected chi connectivity index (χ0v) is 7.62. The molecule has 1 aromatic rings. The molecule has 1 aliphatic heterocycles. The molecule has 72 valence electrons. The smallest absolute Gasteiger partial charge is 0.111 e. The fraction of sp³-hybridized carbons (Fsp3) is 0.600. The van der Waals surface area contributed by atoms with Crippen molar-refractivity contribution < 1.29 is 9.52 Å². The lowest BCUT2D eigenvalue weighted by atomic mass is 9.97. The fourth-order valence-corrected chi connectivity index (χ4v) is 1.91. The summed E-state index contributed by atoms with van der Waals surface area (Å²) < 4.78 is 5.45. The summed E-state index contributed by atoms with van der Waals surface area (Å²) in [5.41, 5.74) is 1.25. The van der Waals surface area contributed by atoms with Crippen molar-refractivity contribution in [3.8, 4) is 0 Å². The van der Waals surface area contributed by atoms with E-state index in [4.69, 9.17) is 9.52 Å². The molecular formula is C10H15NO2. The second kappa shape index (κ2) is 3.94. The number of furan rings is 1. The molecule has 3 nitrogen and oxygen atoms in total. The van der Waals surface area contributed by atoms with Crippen LogP contribution in [0.25, 0.3) is 0 Å². The van der Waals surface area contributed by atoms with Gasteiger partial charge in [0.25, 0.3) is 0 Å². The van der Waals surface area contributed by atoms with E-state index in [1.54, 1.807) is 6.26 Å². The van der Waals surface area contributed by atoms with Crippen molar-refractivity contribution in [2.45, 2.75) is 25.3 Å². The summed E-state index contributed by atoms with van der Waals surface area (Å²) in [4.78, 5) is 0. The van der Waals surface area contributed by atoms with Crippen LogP contribution in [0.15, 0.2) is 16.7 Å². The molecule has 2 heterocycles. The van der Waals surface area contributed by atoms with Gasteiger partial charge < -0.3 is 14.8 Å². The van der Waals surface area contributed by atoms with Crippen molar-refractivity contribution >= 4 is 0 Å². The van der Waals surface area contributed by atoms with Gasteiger partial charge in [-0.2, -0.15) is 0 Å². The molecule has 1 atom stereocenters. The van der Waals surface area contributed by atoms with Gasteiger partial charge in [0.1, 0.15) is 5.76 Å². The normalized spacial score (nSPS) is 22.4. The van der Waals surface area contributed by atoms with Crippen LogP contribution < -0.4 is 5.32 Å². The van der Waals surface area contributed by atoms with Gasteiger partial charge in [-0.05, 0) is 25.5 Å². The van der Waals surface area contributed by atoms with Crippen LogP contribution in [0.2, 0.25) is 0 Å². The topological polar surface area (TPSA) is 45.4 Å². The fourth-order valence-electron chi connectivity index (χ4n) is 1.91. The third-order valence-electron chi connectivity index (χ3n) is 2.61. The number of hydrogen-bond acceptors (Lipinski definition) is 3. The molecule has 3 heteroatoms. The maximum Gasteiger partial charge on any atom is 0.111 e. The molecule has 0 saturated carbocycles. The van der Waals surface area contributed by atoms with E-state index in [2.05, 4.69) is 5.32 Å². The van der Waals surface area contributed by atoms with Gasteiger partial charge in [0, 0.05) is 24.6 Å². The molecular weight excluding hydrogens is 166 g/mol. The van der Waals surface area contributed by atoms with Gasteiger partial charge in [0.05, 0.1) is 6.26 Å². The number of nitrogens with one attached hydrogen (secondary N) is 1. The Balaban J connectivity index is 2.20. The molecule has 0 radical (unpaired) electrons. The Kier molecular flexibility index (Phi) is 2.66. The number of hydrogen-bond donors (Lipinski definition) is 2. The standard InChI is InChI=1S/C10H15NO2/c12-5-2-8-1-4-11-7-9-3-6-13-10(8)9/h3,6,8,11-12H,1-2,4-5,7H2. The van der Waals surface area contributed by atoms with E-state index in [-0.39, 0.29) is 6.61 Å². The summed E-state index contributed by atoms with van der Waals surface area (Å²) in [6, 6.07) is 2.01. The van der Waals surface area contributed by atoms with Crippen LogP contribution >= 0.6 is 0 Å². The Morgan fingerprint density at radius 2 is 2.54 bits per heavy atom. The first-order valence-corrected chi connectivity index (χ1v) is 4.79. The predicted molar refractivity (Wildman–Crippen MR) is 49.5 cm³/mol. The van der Waals surface area contributed by atoms with E-state index < -0.39 is 0 Å². The van der Waals surface area contributed by atoms with Gasteiger partial charge in [0.15, 0.2) is 0 Å². The van der Waals surface area contributed by atoms with Crippen LogP contribution in [-0.4, -0.2) is 18.3 Å². The first kappa shape index (κ1) is 8.78. The molecule has 0 saturated heterocycles. The maximum atomic E-state index is 8.91. The van der Waals surface area contributed by atoms with Crippen molar-refractivity contribution in [1.29, 1.82) is 0 Å². The minimum atomic E-state index is 0.241. The Hall–Kier alpha value is -0.800. The highest BCUT2D eigenvalue weighted by Crippen LogP contribution is 2.28. The predicted octanol–water partition coefficient (Wildman–Crippen LogP) is 1.24. The van der Waals surface area contributed by atoms with Gasteiger partial charge in [-0.25, -0.2) is 0 Å².